The number of benzene rings is 1. The van der Waals surface area contributed by atoms with Crippen LogP contribution in [0.15, 0.2) is 34.2 Å². The van der Waals surface area contributed by atoms with Gasteiger partial charge in [0.2, 0.25) is 0 Å². The summed E-state index contributed by atoms with van der Waals surface area (Å²) >= 11 is 1.50. The normalized spacial score (nSPS) is 16.8. The Bertz CT molecular complexity index is 995. The lowest BCUT2D eigenvalue weighted by molar-refractivity contribution is 0.0937. The molecule has 1 saturated heterocycles. The van der Waals surface area contributed by atoms with Crippen LogP contribution >= 0.6 is 11.8 Å². The minimum atomic E-state index is -0.0193. The molecule has 1 fully saturated rings. The van der Waals surface area contributed by atoms with Crippen LogP contribution in [0.5, 0.6) is 0 Å². The highest BCUT2D eigenvalue weighted by Crippen LogP contribution is 2.23. The van der Waals surface area contributed by atoms with E-state index in [0.29, 0.717) is 28.4 Å². The Morgan fingerprint density at radius 3 is 3.04 bits per heavy atom. The van der Waals surface area contributed by atoms with Gasteiger partial charge >= 0.3 is 0 Å². The van der Waals surface area contributed by atoms with Gasteiger partial charge in [0.15, 0.2) is 11.0 Å². The van der Waals surface area contributed by atoms with E-state index >= 15 is 0 Å². The van der Waals surface area contributed by atoms with E-state index in [9.17, 15) is 4.79 Å². The highest BCUT2D eigenvalue weighted by molar-refractivity contribution is 7.98. The highest BCUT2D eigenvalue weighted by Gasteiger charge is 2.20. The molecule has 8 nitrogen and oxygen atoms in total. The van der Waals surface area contributed by atoms with Crippen molar-refractivity contribution in [2.75, 3.05) is 6.61 Å². The number of aryl methyl sites for hydroxylation is 1. The van der Waals surface area contributed by atoms with E-state index in [-0.39, 0.29) is 11.7 Å². The molecule has 1 atom stereocenters. The molecule has 0 spiro atoms. The zero-order valence-electron chi connectivity index (χ0n) is 16.0. The van der Waals surface area contributed by atoms with Crippen molar-refractivity contribution in [3.05, 3.63) is 40.4 Å². The maximum atomic E-state index is 13.1. The number of hydrogen-bond donors (Lipinski definition) is 0. The predicted molar refractivity (Wildman–Crippen MR) is 107 cm³/mol. The quantitative estimate of drug-likeness (QED) is 0.424. The molecule has 148 valence electrons. The van der Waals surface area contributed by atoms with Gasteiger partial charge in [-0.15, -0.1) is 5.10 Å². The van der Waals surface area contributed by atoms with Crippen molar-refractivity contribution in [3.8, 4) is 0 Å². The maximum absolute atomic E-state index is 13.1. The second kappa shape index (κ2) is 8.83. The summed E-state index contributed by atoms with van der Waals surface area (Å²) in [4.78, 5) is 17.9. The molecular formula is C19H24N6O2S. The molecule has 0 amide bonds. The van der Waals surface area contributed by atoms with Crippen LogP contribution in [0.4, 0.5) is 0 Å². The zero-order valence-corrected chi connectivity index (χ0v) is 16.8. The topological polar surface area (TPSA) is 87.7 Å². The second-order valence-electron chi connectivity index (χ2n) is 6.92. The number of aromatic nitrogens is 6. The standard InChI is InChI=1S/C19H24N6O2S/c1-2-3-10-25-17(21-22-23-25)13-28-19-20-16-9-5-4-8-15(16)18(26)24(19)12-14-7-6-11-27-14/h4-5,8-9,14H,2-3,6-7,10-13H2,1H3/t14-/m0/s1. The number of hydrogen-bond acceptors (Lipinski definition) is 7. The number of thioether (sulfide) groups is 1. The third-order valence-electron chi connectivity index (χ3n) is 4.90. The average Bonchev–Trinajstić information content (AvgIpc) is 3.39. The summed E-state index contributed by atoms with van der Waals surface area (Å²) in [7, 11) is 0. The van der Waals surface area contributed by atoms with Gasteiger partial charge in [0.25, 0.3) is 5.56 Å². The number of unbranched alkanes of at least 4 members (excludes halogenated alkanes) is 1. The van der Waals surface area contributed by atoms with Gasteiger partial charge in [0, 0.05) is 13.2 Å². The third-order valence-corrected chi connectivity index (χ3v) is 5.87. The fourth-order valence-corrected chi connectivity index (χ4v) is 4.29. The summed E-state index contributed by atoms with van der Waals surface area (Å²) in [6.07, 6.45) is 4.18. The summed E-state index contributed by atoms with van der Waals surface area (Å²) in [5, 5.41) is 13.3. The van der Waals surface area contributed by atoms with Crippen molar-refractivity contribution in [1.29, 1.82) is 0 Å². The van der Waals surface area contributed by atoms with Gasteiger partial charge in [0.1, 0.15) is 0 Å². The lowest BCUT2D eigenvalue weighted by Gasteiger charge is -2.16. The molecule has 0 unspecified atom stereocenters. The number of ether oxygens (including phenoxy) is 1. The summed E-state index contributed by atoms with van der Waals surface area (Å²) in [6.45, 7) is 4.23. The van der Waals surface area contributed by atoms with Crippen molar-refractivity contribution in [2.24, 2.45) is 0 Å². The molecule has 1 aliphatic heterocycles. The molecule has 0 aliphatic carbocycles. The molecule has 3 heterocycles. The first kappa shape index (κ1) is 19.1. The summed E-state index contributed by atoms with van der Waals surface area (Å²) in [6, 6.07) is 7.48. The smallest absolute Gasteiger partial charge is 0.262 e. The van der Waals surface area contributed by atoms with E-state index in [0.717, 1.165) is 44.7 Å². The number of nitrogens with zero attached hydrogens (tertiary/aromatic N) is 6. The lowest BCUT2D eigenvalue weighted by Crippen LogP contribution is -2.28. The number of tetrazole rings is 1. The summed E-state index contributed by atoms with van der Waals surface area (Å²) in [5.74, 6) is 1.36. The van der Waals surface area contributed by atoms with E-state index < -0.39 is 0 Å². The molecule has 9 heteroatoms. The molecule has 4 rings (SSSR count). The van der Waals surface area contributed by atoms with E-state index in [4.69, 9.17) is 9.72 Å². The van der Waals surface area contributed by atoms with Crippen LogP contribution in [0.2, 0.25) is 0 Å². The molecule has 28 heavy (non-hydrogen) atoms. The number of fused-ring (bicyclic) bond motifs is 1. The van der Waals surface area contributed by atoms with Crippen LogP contribution < -0.4 is 5.56 Å². The third kappa shape index (κ3) is 4.10. The van der Waals surface area contributed by atoms with Crippen molar-refractivity contribution >= 4 is 22.7 Å². The monoisotopic (exact) mass is 400 g/mol. The first-order chi connectivity index (χ1) is 13.8. The van der Waals surface area contributed by atoms with E-state index in [1.807, 2.05) is 28.9 Å². The summed E-state index contributed by atoms with van der Waals surface area (Å²) in [5.41, 5.74) is 0.693. The van der Waals surface area contributed by atoms with Gasteiger partial charge in [-0.3, -0.25) is 9.36 Å². The predicted octanol–water partition coefficient (Wildman–Crippen LogP) is 2.65. The Morgan fingerprint density at radius 2 is 2.21 bits per heavy atom. The zero-order chi connectivity index (χ0) is 19.3. The minimum absolute atomic E-state index is 0.0193. The largest absolute Gasteiger partial charge is 0.376 e. The fraction of sp³-hybridized carbons (Fsp3) is 0.526. The Kier molecular flexibility index (Phi) is 6.01. The van der Waals surface area contributed by atoms with Gasteiger partial charge in [-0.2, -0.15) is 0 Å². The second-order valence-corrected chi connectivity index (χ2v) is 7.87. The fourth-order valence-electron chi connectivity index (χ4n) is 3.35. The number of para-hydroxylation sites is 1. The van der Waals surface area contributed by atoms with Crippen LogP contribution in [0, 0.1) is 0 Å². The first-order valence-electron chi connectivity index (χ1n) is 9.75. The van der Waals surface area contributed by atoms with E-state index in [1.165, 1.54) is 11.8 Å². The molecule has 0 saturated carbocycles. The Morgan fingerprint density at radius 1 is 1.32 bits per heavy atom. The lowest BCUT2D eigenvalue weighted by atomic mass is 10.2. The van der Waals surface area contributed by atoms with E-state index in [1.54, 1.807) is 4.57 Å². The van der Waals surface area contributed by atoms with Gasteiger partial charge in [-0.05, 0) is 41.8 Å². The van der Waals surface area contributed by atoms with Crippen molar-refractivity contribution in [1.82, 2.24) is 29.8 Å². The van der Waals surface area contributed by atoms with Crippen molar-refractivity contribution in [2.45, 2.75) is 62.7 Å². The summed E-state index contributed by atoms with van der Waals surface area (Å²) < 4.78 is 9.35. The Hall–Kier alpha value is -2.26. The molecule has 3 aromatic rings. The SMILES string of the molecule is CCCCn1nnnc1CSc1nc2ccccc2c(=O)n1C[C@@H]1CCCO1. The molecule has 1 aliphatic rings. The minimum Gasteiger partial charge on any atom is -0.376 e. The van der Waals surface area contributed by atoms with Crippen LogP contribution in [0.1, 0.15) is 38.4 Å². The maximum Gasteiger partial charge on any atom is 0.262 e. The van der Waals surface area contributed by atoms with Crippen LogP contribution in [-0.4, -0.2) is 42.5 Å². The molecular weight excluding hydrogens is 376 g/mol. The van der Waals surface area contributed by atoms with Gasteiger partial charge in [-0.25, -0.2) is 9.67 Å². The molecule has 0 N–H and O–H groups in total. The first-order valence-corrected chi connectivity index (χ1v) is 10.7. The Labute approximate surface area is 167 Å². The van der Waals surface area contributed by atoms with Crippen molar-refractivity contribution in [3.63, 3.8) is 0 Å². The molecule has 2 aromatic heterocycles. The molecule has 0 radical (unpaired) electrons. The molecule has 1 aromatic carbocycles. The van der Waals surface area contributed by atoms with Gasteiger partial charge in [0.05, 0.1) is 29.3 Å². The highest BCUT2D eigenvalue weighted by atomic mass is 32.2. The Balaban J connectivity index is 1.63. The van der Waals surface area contributed by atoms with Gasteiger partial charge in [-0.1, -0.05) is 37.2 Å². The van der Waals surface area contributed by atoms with E-state index in [2.05, 4.69) is 22.4 Å². The average molecular weight is 401 g/mol. The number of rotatable bonds is 8. The van der Waals surface area contributed by atoms with Crippen LogP contribution in [0.25, 0.3) is 10.9 Å². The van der Waals surface area contributed by atoms with Crippen molar-refractivity contribution < 1.29 is 4.74 Å². The molecule has 0 bridgehead atoms. The van der Waals surface area contributed by atoms with Crippen LogP contribution in [-0.2, 0) is 23.6 Å². The van der Waals surface area contributed by atoms with Gasteiger partial charge < -0.3 is 4.74 Å². The van der Waals surface area contributed by atoms with Crippen LogP contribution in [0.3, 0.4) is 0 Å².